The molecule has 4 aromatic rings. The molecule has 7 rings (SSSR count). The first-order chi connectivity index (χ1) is 19.5. The van der Waals surface area contributed by atoms with Gasteiger partial charge >= 0.3 is 0 Å². The molecule has 2 aliphatic carbocycles. The van der Waals surface area contributed by atoms with Gasteiger partial charge in [-0.25, -0.2) is 15.0 Å². The number of amides is 1. The second kappa shape index (κ2) is 10.3. The van der Waals surface area contributed by atoms with E-state index < -0.39 is 0 Å². The summed E-state index contributed by atoms with van der Waals surface area (Å²) in [6.45, 7) is 4.64. The average molecular weight is 558 g/mol. The number of carbonyl (C=O) groups is 1. The van der Waals surface area contributed by atoms with Gasteiger partial charge in [-0.05, 0) is 56.0 Å². The molecule has 0 radical (unpaired) electrons. The Labute approximate surface area is 237 Å². The van der Waals surface area contributed by atoms with Crippen LogP contribution in [0.4, 0.5) is 17.3 Å². The van der Waals surface area contributed by atoms with Crippen molar-refractivity contribution in [2.75, 3.05) is 48.8 Å². The first-order valence-corrected chi connectivity index (χ1v) is 14.3. The topological polar surface area (TPSA) is 104 Å². The molecule has 5 heterocycles. The maximum absolute atomic E-state index is 12.8. The van der Waals surface area contributed by atoms with Crippen molar-refractivity contribution in [3.8, 4) is 0 Å². The third-order valence-corrected chi connectivity index (χ3v) is 8.35. The molecule has 2 unspecified atom stereocenters. The van der Waals surface area contributed by atoms with E-state index in [-0.39, 0.29) is 17.7 Å². The Hall–Kier alpha value is -3.76. The third kappa shape index (κ3) is 5.33. The van der Waals surface area contributed by atoms with Crippen molar-refractivity contribution in [3.63, 3.8) is 0 Å². The molecule has 0 bridgehead atoms. The standard InChI is InChI=1S/C29H32ClN9O/c1-37-6-8-38(9-7-37)25-10-19(18-2-3-18)15-39-16-21(35-28(25)39)14-32-26-13-27(34-17-33-26)36-29(40)23-12-22(23)24-11-20(30)4-5-31-24/h4-5,10-11,13,15-18,22-23H,2-3,6-9,12,14H2,1H3,(H2,32,33,34,36,40). The Morgan fingerprint density at radius 3 is 2.67 bits per heavy atom. The molecule has 3 aliphatic rings. The van der Waals surface area contributed by atoms with Crippen molar-refractivity contribution < 1.29 is 4.79 Å². The first kappa shape index (κ1) is 25.2. The van der Waals surface area contributed by atoms with Gasteiger partial charge in [-0.3, -0.25) is 9.78 Å². The first-order valence-electron chi connectivity index (χ1n) is 13.9. The van der Waals surface area contributed by atoms with Crippen LogP contribution in [0.3, 0.4) is 0 Å². The summed E-state index contributed by atoms with van der Waals surface area (Å²) >= 11 is 6.08. The molecule has 2 N–H and O–H groups in total. The Morgan fingerprint density at radius 2 is 1.88 bits per heavy atom. The number of halogens is 1. The molecule has 2 atom stereocenters. The highest BCUT2D eigenvalue weighted by Gasteiger charge is 2.45. The highest BCUT2D eigenvalue weighted by molar-refractivity contribution is 6.30. The number of fused-ring (bicyclic) bond motifs is 1. The Balaban J connectivity index is 1.03. The SMILES string of the molecule is CN1CCN(c2cc(C3CC3)cn3cc(CNc4cc(NC(=O)C5CC5c5cc(Cl)ccn5)ncn4)nc23)CC1. The summed E-state index contributed by atoms with van der Waals surface area (Å²) in [5.74, 6) is 1.65. The third-order valence-electron chi connectivity index (χ3n) is 8.11. The van der Waals surface area contributed by atoms with Crippen molar-refractivity contribution in [2.24, 2.45) is 5.92 Å². The second-order valence-corrected chi connectivity index (χ2v) is 11.6. The van der Waals surface area contributed by atoms with Crippen molar-refractivity contribution >= 4 is 40.5 Å². The number of rotatable bonds is 8. The number of imidazole rings is 1. The number of likely N-dealkylation sites (N-methyl/N-ethyl adjacent to an activating group) is 1. The van der Waals surface area contributed by atoms with Crippen LogP contribution in [-0.4, -0.2) is 68.4 Å². The quantitative estimate of drug-likeness (QED) is 0.333. The van der Waals surface area contributed by atoms with Crippen LogP contribution in [0.2, 0.25) is 5.02 Å². The molecule has 1 saturated heterocycles. The predicted octanol–water partition coefficient (Wildman–Crippen LogP) is 4.16. The number of pyridine rings is 2. The van der Waals surface area contributed by atoms with E-state index in [2.05, 4.69) is 65.3 Å². The molecule has 11 heteroatoms. The molecule has 1 aliphatic heterocycles. The highest BCUT2D eigenvalue weighted by atomic mass is 35.5. The van der Waals surface area contributed by atoms with E-state index >= 15 is 0 Å². The highest BCUT2D eigenvalue weighted by Crippen LogP contribution is 2.47. The van der Waals surface area contributed by atoms with Crippen LogP contribution >= 0.6 is 11.6 Å². The Morgan fingerprint density at radius 1 is 1.05 bits per heavy atom. The van der Waals surface area contributed by atoms with Gasteiger partial charge in [0.25, 0.3) is 0 Å². The summed E-state index contributed by atoms with van der Waals surface area (Å²) in [4.78, 5) is 35.6. The largest absolute Gasteiger partial charge is 0.366 e. The number of hydrogen-bond acceptors (Lipinski definition) is 8. The zero-order valence-corrected chi connectivity index (χ0v) is 23.2. The Kier molecular flexibility index (Phi) is 6.51. The molecule has 2 saturated carbocycles. The van der Waals surface area contributed by atoms with E-state index in [0.717, 1.165) is 49.6 Å². The van der Waals surface area contributed by atoms with Crippen LogP contribution in [-0.2, 0) is 11.3 Å². The number of nitrogens with one attached hydrogen (secondary N) is 2. The molecular formula is C29H32ClN9O. The van der Waals surface area contributed by atoms with Gasteiger partial charge in [0, 0.05) is 73.4 Å². The zero-order chi connectivity index (χ0) is 27.2. The molecule has 3 fully saturated rings. The average Bonchev–Trinajstić information content (AvgIpc) is 3.88. The molecule has 0 spiro atoms. The summed E-state index contributed by atoms with van der Waals surface area (Å²) in [7, 11) is 2.18. The number of piperazine rings is 1. The number of carbonyl (C=O) groups excluding carboxylic acids is 1. The summed E-state index contributed by atoms with van der Waals surface area (Å²) in [5, 5.41) is 6.91. The van der Waals surface area contributed by atoms with Crippen molar-refractivity contribution in [1.29, 1.82) is 0 Å². The van der Waals surface area contributed by atoms with Crippen molar-refractivity contribution in [1.82, 2.24) is 29.2 Å². The summed E-state index contributed by atoms with van der Waals surface area (Å²) in [6.07, 6.45) is 10.8. The lowest BCUT2D eigenvalue weighted by atomic mass is 10.1. The monoisotopic (exact) mass is 557 g/mol. The molecule has 4 aromatic heterocycles. The van der Waals surface area contributed by atoms with Crippen LogP contribution in [0.15, 0.2) is 49.2 Å². The van der Waals surface area contributed by atoms with Crippen molar-refractivity contribution in [3.05, 3.63) is 71.2 Å². The van der Waals surface area contributed by atoms with Crippen LogP contribution in [0.1, 0.15) is 48.0 Å². The molecule has 1 amide bonds. The van der Waals surface area contributed by atoms with Gasteiger partial charge in [0.2, 0.25) is 5.91 Å². The van der Waals surface area contributed by atoms with E-state index in [9.17, 15) is 4.79 Å². The van der Waals surface area contributed by atoms with Crippen molar-refractivity contribution in [2.45, 2.75) is 37.6 Å². The van der Waals surface area contributed by atoms with E-state index in [1.54, 1.807) is 18.3 Å². The number of anilines is 3. The van der Waals surface area contributed by atoms with E-state index in [4.69, 9.17) is 16.6 Å². The maximum Gasteiger partial charge on any atom is 0.229 e. The Bertz CT molecular complexity index is 1560. The fourth-order valence-electron chi connectivity index (χ4n) is 5.52. The van der Waals surface area contributed by atoms with Gasteiger partial charge in [-0.2, -0.15) is 0 Å². The van der Waals surface area contributed by atoms with E-state index in [1.165, 1.54) is 30.4 Å². The van der Waals surface area contributed by atoms with Crippen LogP contribution in [0.25, 0.3) is 5.65 Å². The number of hydrogen-bond donors (Lipinski definition) is 2. The van der Waals surface area contributed by atoms with Gasteiger partial charge in [0.05, 0.1) is 17.9 Å². The van der Waals surface area contributed by atoms with Gasteiger partial charge in [0.15, 0.2) is 5.65 Å². The molecule has 206 valence electrons. The summed E-state index contributed by atoms with van der Waals surface area (Å²) < 4.78 is 2.19. The predicted molar refractivity (Wildman–Crippen MR) is 155 cm³/mol. The van der Waals surface area contributed by atoms with E-state index in [0.29, 0.717) is 29.1 Å². The van der Waals surface area contributed by atoms with Crippen LogP contribution in [0.5, 0.6) is 0 Å². The molecule has 10 nitrogen and oxygen atoms in total. The second-order valence-electron chi connectivity index (χ2n) is 11.2. The van der Waals surface area contributed by atoms with Gasteiger partial charge in [-0.15, -0.1) is 0 Å². The molecule has 40 heavy (non-hydrogen) atoms. The lowest BCUT2D eigenvalue weighted by Crippen LogP contribution is -2.44. The van der Waals surface area contributed by atoms with Gasteiger partial charge in [-0.1, -0.05) is 11.6 Å². The van der Waals surface area contributed by atoms with Crippen LogP contribution in [0, 0.1) is 5.92 Å². The summed E-state index contributed by atoms with van der Waals surface area (Å²) in [6, 6.07) is 7.67. The maximum atomic E-state index is 12.8. The lowest BCUT2D eigenvalue weighted by molar-refractivity contribution is -0.117. The minimum atomic E-state index is -0.134. The fraction of sp³-hybridized carbons (Fsp3) is 0.414. The van der Waals surface area contributed by atoms with E-state index in [1.807, 2.05) is 6.07 Å². The summed E-state index contributed by atoms with van der Waals surface area (Å²) in [5.41, 5.74) is 5.41. The molecule has 0 aromatic carbocycles. The van der Waals surface area contributed by atoms with Gasteiger partial charge < -0.3 is 24.8 Å². The normalized spacial score (nSPS) is 21.0. The fourth-order valence-corrected chi connectivity index (χ4v) is 5.68. The lowest BCUT2D eigenvalue weighted by Gasteiger charge is -2.34. The molecular weight excluding hydrogens is 526 g/mol. The minimum Gasteiger partial charge on any atom is -0.366 e. The zero-order valence-electron chi connectivity index (χ0n) is 22.4. The van der Waals surface area contributed by atoms with Gasteiger partial charge in [0.1, 0.15) is 18.0 Å². The number of nitrogens with zero attached hydrogens (tertiary/aromatic N) is 7. The number of aromatic nitrogens is 5. The van der Waals surface area contributed by atoms with Crippen LogP contribution < -0.4 is 15.5 Å². The minimum absolute atomic E-state index is 0.0697. The smallest absolute Gasteiger partial charge is 0.229 e.